The SMILES string of the molecule is CO.CO.[Cu].[Cu].[Cu].[Cu].[H+].[OH-]. The van der Waals surface area contributed by atoms with E-state index in [4.69, 9.17) is 10.2 Å². The molecule has 0 heterocycles. The molecule has 7 heteroatoms. The monoisotopic (exact) mass is 334 g/mol. The Labute approximate surface area is 99.0 Å². The Morgan fingerprint density at radius 2 is 0.667 bits per heavy atom. The second kappa shape index (κ2) is 208. The molecule has 4 radical (unpaired) electrons. The van der Waals surface area contributed by atoms with Crippen LogP contribution in [0, 0.1) is 0 Å². The van der Waals surface area contributed by atoms with Gasteiger partial charge in [0.25, 0.3) is 0 Å². The van der Waals surface area contributed by atoms with Crippen molar-refractivity contribution in [2.24, 2.45) is 0 Å². The van der Waals surface area contributed by atoms with Gasteiger partial charge in [0, 0.05) is 82.5 Å². The van der Waals surface area contributed by atoms with Gasteiger partial charge in [0.1, 0.15) is 0 Å². The molecule has 0 saturated heterocycles. The van der Waals surface area contributed by atoms with E-state index in [-0.39, 0.29) is 75.2 Å². The van der Waals surface area contributed by atoms with Gasteiger partial charge in [-0.15, -0.1) is 0 Å². The topological polar surface area (TPSA) is 70.5 Å². The number of aliphatic hydroxyl groups is 2. The maximum Gasteiger partial charge on any atom is 1.00 e. The van der Waals surface area contributed by atoms with Gasteiger partial charge >= 0.3 is 1.43 Å². The van der Waals surface area contributed by atoms with Gasteiger partial charge in [0.05, 0.1) is 0 Å². The van der Waals surface area contributed by atoms with Crippen LogP contribution in [-0.4, -0.2) is 29.9 Å². The molecule has 0 aliphatic rings. The number of hydrogen-bond donors (Lipinski definition) is 2. The summed E-state index contributed by atoms with van der Waals surface area (Å²) in [6.45, 7) is 0. The van der Waals surface area contributed by atoms with Crippen LogP contribution in [0.3, 0.4) is 0 Å². The van der Waals surface area contributed by atoms with E-state index in [9.17, 15) is 0 Å². The van der Waals surface area contributed by atoms with Crippen molar-refractivity contribution in [2.75, 3.05) is 14.2 Å². The molecule has 0 unspecified atom stereocenters. The summed E-state index contributed by atoms with van der Waals surface area (Å²) >= 11 is 0. The fourth-order valence-corrected chi connectivity index (χ4v) is 0. The molecule has 0 aliphatic heterocycles. The minimum absolute atomic E-state index is 0. The molecule has 9 heavy (non-hydrogen) atoms. The van der Waals surface area contributed by atoms with E-state index in [0.717, 1.165) is 14.2 Å². The van der Waals surface area contributed by atoms with Crippen LogP contribution < -0.4 is 0 Å². The van der Waals surface area contributed by atoms with Gasteiger partial charge < -0.3 is 15.7 Å². The maximum atomic E-state index is 7.00. The van der Waals surface area contributed by atoms with Crippen molar-refractivity contribution in [3.63, 3.8) is 0 Å². The van der Waals surface area contributed by atoms with Crippen molar-refractivity contribution in [1.29, 1.82) is 0 Å². The third-order valence-electron chi connectivity index (χ3n) is 0. The smallest absolute Gasteiger partial charge is 0.870 e. The van der Waals surface area contributed by atoms with Crippen LogP contribution in [0.4, 0.5) is 0 Å². The predicted octanol–water partition coefficient (Wildman–Crippen LogP) is -0.857. The first-order valence-corrected chi connectivity index (χ1v) is 0.894. The van der Waals surface area contributed by atoms with Gasteiger partial charge in [0.15, 0.2) is 0 Å². The standard InChI is InChI=1S/2CH4O.4Cu.H2O/c2*1-2;;;;;/h2*2H,1H3;;;;;1H2. The molecule has 0 spiro atoms. The summed E-state index contributed by atoms with van der Waals surface area (Å²) in [5.41, 5.74) is 0. The number of aliphatic hydroxyl groups excluding tert-OH is 2. The molecule has 3 nitrogen and oxygen atoms in total. The van der Waals surface area contributed by atoms with Gasteiger partial charge in [-0.1, -0.05) is 0 Å². The van der Waals surface area contributed by atoms with Gasteiger partial charge in [-0.2, -0.15) is 0 Å². The van der Waals surface area contributed by atoms with E-state index in [0.29, 0.717) is 0 Å². The van der Waals surface area contributed by atoms with E-state index < -0.39 is 0 Å². The molecule has 0 rings (SSSR count). The predicted molar refractivity (Wildman–Crippen MR) is 19.3 cm³/mol. The largest absolute Gasteiger partial charge is 1.00 e. The van der Waals surface area contributed by atoms with Crippen LogP contribution in [0.15, 0.2) is 0 Å². The maximum absolute atomic E-state index is 7.00. The molecule has 80 valence electrons. The Hall–Kier alpha value is 1.96. The van der Waals surface area contributed by atoms with Crippen LogP contribution in [0.1, 0.15) is 1.43 Å². The quantitative estimate of drug-likeness (QED) is 0.566. The Bertz CT molecular complexity index is 18.5. The zero-order valence-corrected chi connectivity index (χ0v) is 8.31. The summed E-state index contributed by atoms with van der Waals surface area (Å²) in [4.78, 5) is 0. The molecule has 0 fully saturated rings. The molecular weight excluding hydrogens is 326 g/mol. The van der Waals surface area contributed by atoms with Crippen molar-refractivity contribution < 1.29 is 85.4 Å². The summed E-state index contributed by atoms with van der Waals surface area (Å²) in [5, 5.41) is 14.0. The van der Waals surface area contributed by atoms with Crippen LogP contribution in [0.5, 0.6) is 0 Å². The van der Waals surface area contributed by atoms with Gasteiger partial charge in [-0.25, -0.2) is 0 Å². The van der Waals surface area contributed by atoms with E-state index in [1.54, 1.807) is 0 Å². The molecule has 0 amide bonds. The van der Waals surface area contributed by atoms with Crippen molar-refractivity contribution in [1.82, 2.24) is 0 Å². The van der Waals surface area contributed by atoms with E-state index >= 15 is 0 Å². The fourth-order valence-electron chi connectivity index (χ4n) is 0. The molecule has 0 atom stereocenters. The first kappa shape index (κ1) is 69.4. The molecule has 0 aromatic carbocycles. The molecule has 0 aromatic rings. The zero-order chi connectivity index (χ0) is 4.00. The summed E-state index contributed by atoms with van der Waals surface area (Å²) in [6.07, 6.45) is 0. The molecular formula is C2H10Cu4O3. The Morgan fingerprint density at radius 1 is 0.667 bits per heavy atom. The van der Waals surface area contributed by atoms with E-state index in [1.165, 1.54) is 0 Å². The molecule has 0 bridgehead atoms. The minimum Gasteiger partial charge on any atom is -0.870 e. The summed E-state index contributed by atoms with van der Waals surface area (Å²) < 4.78 is 0. The average molecular weight is 336 g/mol. The minimum atomic E-state index is 0. The van der Waals surface area contributed by atoms with Crippen LogP contribution >= 0.6 is 0 Å². The summed E-state index contributed by atoms with van der Waals surface area (Å²) in [7, 11) is 2.00. The number of rotatable bonds is 0. The van der Waals surface area contributed by atoms with E-state index in [1.807, 2.05) is 0 Å². The third-order valence-corrected chi connectivity index (χ3v) is 0. The van der Waals surface area contributed by atoms with Crippen LogP contribution in [-0.2, 0) is 68.3 Å². The first-order chi connectivity index (χ1) is 2.00. The average Bonchev–Trinajstić information content (AvgIpc) is 1.50. The summed E-state index contributed by atoms with van der Waals surface area (Å²) in [5.74, 6) is 0. The summed E-state index contributed by atoms with van der Waals surface area (Å²) in [6, 6.07) is 0. The Kier molecular flexibility index (Phi) is 1610. The van der Waals surface area contributed by atoms with Crippen LogP contribution in [0.2, 0.25) is 0 Å². The van der Waals surface area contributed by atoms with Crippen molar-refractivity contribution in [3.05, 3.63) is 0 Å². The van der Waals surface area contributed by atoms with Crippen molar-refractivity contribution >= 4 is 0 Å². The molecule has 0 aliphatic carbocycles. The molecule has 3 N–H and O–H groups in total. The molecule has 0 aromatic heterocycles. The second-order valence-electron chi connectivity index (χ2n) is 0. The van der Waals surface area contributed by atoms with E-state index in [2.05, 4.69) is 0 Å². The zero-order valence-electron chi connectivity index (χ0n) is 5.55. The second-order valence-corrected chi connectivity index (χ2v) is 0. The fraction of sp³-hybridized carbons (Fsp3) is 1.00. The number of hydrogen-bond acceptors (Lipinski definition) is 3. The van der Waals surface area contributed by atoms with Gasteiger partial charge in [-0.05, 0) is 0 Å². The Morgan fingerprint density at radius 3 is 0.667 bits per heavy atom. The first-order valence-electron chi connectivity index (χ1n) is 0.894. The van der Waals surface area contributed by atoms with Gasteiger partial charge in [0.2, 0.25) is 0 Å². The Balaban J connectivity index is -0.000000000833. The van der Waals surface area contributed by atoms with Gasteiger partial charge in [-0.3, -0.25) is 0 Å². The van der Waals surface area contributed by atoms with Crippen molar-refractivity contribution in [3.8, 4) is 0 Å². The third kappa shape index (κ3) is 165. The van der Waals surface area contributed by atoms with Crippen molar-refractivity contribution in [2.45, 2.75) is 0 Å². The van der Waals surface area contributed by atoms with Crippen LogP contribution in [0.25, 0.3) is 0 Å². The normalized spacial score (nSPS) is 1.33. The molecule has 0 saturated carbocycles.